The summed E-state index contributed by atoms with van der Waals surface area (Å²) in [6.45, 7) is 1.54. The smallest absolute Gasteiger partial charge is 0.267 e. The molecule has 2 aromatic carbocycles. The number of hydrogen-bond donors (Lipinski definition) is 1. The summed E-state index contributed by atoms with van der Waals surface area (Å²) in [5, 5.41) is 10.4. The summed E-state index contributed by atoms with van der Waals surface area (Å²) in [4.78, 5) is 13.9. The lowest BCUT2D eigenvalue weighted by Gasteiger charge is -2.19. The van der Waals surface area contributed by atoms with Crippen LogP contribution in [0, 0.1) is 0 Å². The molecule has 0 bridgehead atoms. The van der Waals surface area contributed by atoms with Gasteiger partial charge in [0.05, 0.1) is 5.69 Å². The highest BCUT2D eigenvalue weighted by Gasteiger charge is 2.46. The molecule has 2 aromatic rings. The molecule has 1 amide bonds. The van der Waals surface area contributed by atoms with E-state index in [1.165, 1.54) is 6.92 Å². The second-order valence-corrected chi connectivity index (χ2v) is 4.57. The van der Waals surface area contributed by atoms with E-state index in [1.54, 1.807) is 11.0 Å². The van der Waals surface area contributed by atoms with Crippen molar-refractivity contribution in [3.63, 3.8) is 0 Å². The number of amides is 1. The number of rotatable bonds is 1. The highest BCUT2D eigenvalue weighted by Crippen LogP contribution is 2.43. The molecular formula is C15H13NO2. The summed E-state index contributed by atoms with van der Waals surface area (Å²) in [7, 11) is 0. The van der Waals surface area contributed by atoms with E-state index in [0.717, 1.165) is 11.4 Å². The zero-order chi connectivity index (χ0) is 12.8. The maximum atomic E-state index is 12.4. The number of anilines is 2. The van der Waals surface area contributed by atoms with Crippen molar-refractivity contribution >= 4 is 17.3 Å². The molecule has 1 heterocycles. The molecule has 1 aliphatic heterocycles. The lowest BCUT2D eigenvalue weighted by molar-refractivity contribution is -0.133. The monoisotopic (exact) mass is 239 g/mol. The fourth-order valence-electron chi connectivity index (χ4n) is 2.36. The Kier molecular flexibility index (Phi) is 2.25. The molecule has 3 rings (SSSR count). The molecule has 0 fully saturated rings. The number of fused-ring (bicyclic) bond motifs is 1. The van der Waals surface area contributed by atoms with Crippen LogP contribution in [-0.4, -0.2) is 11.0 Å². The maximum Gasteiger partial charge on any atom is 0.267 e. The van der Waals surface area contributed by atoms with Crippen molar-refractivity contribution < 1.29 is 9.90 Å². The van der Waals surface area contributed by atoms with Crippen molar-refractivity contribution in [2.45, 2.75) is 12.5 Å². The van der Waals surface area contributed by atoms with E-state index in [-0.39, 0.29) is 5.91 Å². The van der Waals surface area contributed by atoms with Gasteiger partial charge < -0.3 is 5.11 Å². The van der Waals surface area contributed by atoms with Crippen LogP contribution in [0.2, 0.25) is 0 Å². The minimum absolute atomic E-state index is 0.310. The molecule has 90 valence electrons. The first-order valence-electron chi connectivity index (χ1n) is 5.84. The number of carbonyl (C=O) groups is 1. The Hall–Kier alpha value is -2.13. The molecule has 1 aliphatic rings. The Labute approximate surface area is 105 Å². The van der Waals surface area contributed by atoms with Crippen molar-refractivity contribution in [2.24, 2.45) is 0 Å². The van der Waals surface area contributed by atoms with Gasteiger partial charge in [0, 0.05) is 11.3 Å². The van der Waals surface area contributed by atoms with E-state index in [9.17, 15) is 9.90 Å². The van der Waals surface area contributed by atoms with E-state index < -0.39 is 5.60 Å². The second kappa shape index (κ2) is 3.68. The van der Waals surface area contributed by atoms with Gasteiger partial charge in [-0.25, -0.2) is 0 Å². The van der Waals surface area contributed by atoms with Gasteiger partial charge in [0.25, 0.3) is 5.91 Å². The normalized spacial score (nSPS) is 22.1. The second-order valence-electron chi connectivity index (χ2n) is 4.57. The third-order valence-electron chi connectivity index (χ3n) is 3.30. The summed E-state index contributed by atoms with van der Waals surface area (Å²) < 4.78 is 0. The number of benzene rings is 2. The fraction of sp³-hybridized carbons (Fsp3) is 0.133. The zero-order valence-electron chi connectivity index (χ0n) is 10.00. The topological polar surface area (TPSA) is 40.5 Å². The first kappa shape index (κ1) is 11.0. The Morgan fingerprint density at radius 3 is 2.33 bits per heavy atom. The van der Waals surface area contributed by atoms with Crippen LogP contribution in [0.4, 0.5) is 11.4 Å². The van der Waals surface area contributed by atoms with Crippen LogP contribution < -0.4 is 4.90 Å². The van der Waals surface area contributed by atoms with Crippen LogP contribution in [-0.2, 0) is 10.4 Å². The number of aliphatic hydroxyl groups is 1. The molecule has 1 N–H and O–H groups in total. The van der Waals surface area contributed by atoms with Crippen LogP contribution in [0.15, 0.2) is 54.6 Å². The predicted octanol–water partition coefficient (Wildman–Crippen LogP) is 2.57. The van der Waals surface area contributed by atoms with Crippen molar-refractivity contribution in [1.82, 2.24) is 0 Å². The SMILES string of the molecule is CC1(O)C(=O)N(c2ccccc2)c2ccccc21. The molecule has 0 saturated heterocycles. The first-order valence-corrected chi connectivity index (χ1v) is 5.84. The van der Waals surface area contributed by atoms with Crippen molar-refractivity contribution in [1.29, 1.82) is 0 Å². The Morgan fingerprint density at radius 2 is 1.61 bits per heavy atom. The summed E-state index contributed by atoms with van der Waals surface area (Å²) >= 11 is 0. The molecule has 0 aromatic heterocycles. The minimum atomic E-state index is -1.45. The lowest BCUT2D eigenvalue weighted by Crippen LogP contribution is -2.35. The van der Waals surface area contributed by atoms with Crippen LogP contribution in [0.3, 0.4) is 0 Å². The molecule has 0 spiro atoms. The summed E-state index contributed by atoms with van der Waals surface area (Å²) in [5.41, 5.74) is 0.720. The number of nitrogens with zero attached hydrogens (tertiary/aromatic N) is 1. The quantitative estimate of drug-likeness (QED) is 0.830. The van der Waals surface area contributed by atoms with Crippen molar-refractivity contribution in [3.05, 3.63) is 60.2 Å². The predicted molar refractivity (Wildman–Crippen MR) is 69.6 cm³/mol. The average molecular weight is 239 g/mol. The van der Waals surface area contributed by atoms with Crippen LogP contribution >= 0.6 is 0 Å². The molecule has 1 atom stereocenters. The van der Waals surface area contributed by atoms with E-state index in [1.807, 2.05) is 48.5 Å². The third-order valence-corrected chi connectivity index (χ3v) is 3.30. The van der Waals surface area contributed by atoms with Gasteiger partial charge in [0.1, 0.15) is 0 Å². The highest BCUT2D eigenvalue weighted by atomic mass is 16.3. The highest BCUT2D eigenvalue weighted by molar-refractivity contribution is 6.11. The third kappa shape index (κ3) is 1.38. The Morgan fingerprint density at radius 1 is 1.00 bits per heavy atom. The summed E-state index contributed by atoms with van der Waals surface area (Å²) in [5.74, 6) is -0.310. The molecule has 0 aliphatic carbocycles. The van der Waals surface area contributed by atoms with Crippen LogP contribution in [0.1, 0.15) is 12.5 Å². The van der Waals surface area contributed by atoms with Crippen LogP contribution in [0.25, 0.3) is 0 Å². The Bertz CT molecular complexity index is 605. The molecule has 0 radical (unpaired) electrons. The van der Waals surface area contributed by atoms with Gasteiger partial charge in [-0.15, -0.1) is 0 Å². The molecule has 3 nitrogen and oxygen atoms in total. The van der Waals surface area contributed by atoms with Gasteiger partial charge in [-0.2, -0.15) is 0 Å². The van der Waals surface area contributed by atoms with Gasteiger partial charge in [0.15, 0.2) is 5.60 Å². The molecule has 0 saturated carbocycles. The summed E-state index contributed by atoms with van der Waals surface area (Å²) in [6.07, 6.45) is 0. The van der Waals surface area contributed by atoms with Crippen molar-refractivity contribution in [3.8, 4) is 0 Å². The van der Waals surface area contributed by atoms with Crippen LogP contribution in [0.5, 0.6) is 0 Å². The lowest BCUT2D eigenvalue weighted by atomic mass is 9.98. The number of para-hydroxylation sites is 2. The van der Waals surface area contributed by atoms with Gasteiger partial charge in [-0.3, -0.25) is 9.69 Å². The van der Waals surface area contributed by atoms with E-state index >= 15 is 0 Å². The van der Waals surface area contributed by atoms with E-state index in [4.69, 9.17) is 0 Å². The largest absolute Gasteiger partial charge is 0.375 e. The minimum Gasteiger partial charge on any atom is -0.375 e. The number of carbonyl (C=O) groups excluding carboxylic acids is 1. The van der Waals surface area contributed by atoms with E-state index in [2.05, 4.69) is 0 Å². The van der Waals surface area contributed by atoms with Crippen molar-refractivity contribution in [2.75, 3.05) is 4.90 Å². The van der Waals surface area contributed by atoms with Gasteiger partial charge in [0.2, 0.25) is 0 Å². The molecule has 1 unspecified atom stereocenters. The zero-order valence-corrected chi connectivity index (χ0v) is 10.00. The standard InChI is InChI=1S/C15H13NO2/c1-15(18)12-9-5-6-10-13(12)16(14(15)17)11-7-3-2-4-8-11/h2-10,18H,1H3. The maximum absolute atomic E-state index is 12.4. The molecule has 18 heavy (non-hydrogen) atoms. The number of hydrogen-bond acceptors (Lipinski definition) is 2. The average Bonchev–Trinajstić information content (AvgIpc) is 2.60. The van der Waals surface area contributed by atoms with Gasteiger partial charge in [-0.05, 0) is 25.1 Å². The fourth-order valence-corrected chi connectivity index (χ4v) is 2.36. The molecule has 3 heteroatoms. The van der Waals surface area contributed by atoms with Gasteiger partial charge >= 0.3 is 0 Å². The van der Waals surface area contributed by atoms with Gasteiger partial charge in [-0.1, -0.05) is 36.4 Å². The summed E-state index contributed by atoms with van der Waals surface area (Å²) in [6, 6.07) is 16.7. The first-order chi connectivity index (χ1) is 8.62. The Balaban J connectivity index is 2.21. The molecular weight excluding hydrogens is 226 g/mol. The van der Waals surface area contributed by atoms with E-state index in [0.29, 0.717) is 5.56 Å².